The highest BCUT2D eigenvalue weighted by Crippen LogP contribution is 2.23. The molecule has 1 heterocycles. The smallest absolute Gasteiger partial charge is 0.294 e. The first-order valence-corrected chi connectivity index (χ1v) is 3.71. The average Bonchev–Trinajstić information content (AvgIpc) is 2.34. The highest BCUT2D eigenvalue weighted by Gasteiger charge is 2.30. The Kier molecular flexibility index (Phi) is 2.65. The maximum atomic E-state index is 10.1. The molecule has 0 radical (unpaired) electrons. The van der Waals surface area contributed by atoms with Gasteiger partial charge < -0.3 is 4.74 Å². The molecule has 0 aromatic carbocycles. The fraction of sp³-hybridized carbons (Fsp3) is 0.625. The lowest BCUT2D eigenvalue weighted by molar-refractivity contribution is -0.141. The summed E-state index contributed by atoms with van der Waals surface area (Å²) in [5.41, 5.74) is 0. The van der Waals surface area contributed by atoms with Crippen molar-refractivity contribution in [2.24, 2.45) is 5.92 Å². The molecule has 0 saturated carbocycles. The molecule has 3 heteroatoms. The summed E-state index contributed by atoms with van der Waals surface area (Å²) in [6.45, 7) is 5.16. The Morgan fingerprint density at radius 3 is 3.00 bits per heavy atom. The van der Waals surface area contributed by atoms with Gasteiger partial charge in [0.2, 0.25) is 0 Å². The summed E-state index contributed by atoms with van der Waals surface area (Å²) in [4.78, 5) is 12.1. The van der Waals surface area contributed by atoms with E-state index in [1.807, 2.05) is 18.0 Å². The molecule has 0 spiro atoms. The number of likely N-dealkylation sites (tertiary alicyclic amines) is 1. The highest BCUT2D eigenvalue weighted by molar-refractivity contribution is 5.37. The molecule has 1 rings (SSSR count). The van der Waals surface area contributed by atoms with E-state index in [1.54, 1.807) is 0 Å². The van der Waals surface area contributed by atoms with Gasteiger partial charge in [-0.15, -0.1) is 6.58 Å². The largest absolute Gasteiger partial charge is 0.448 e. The standard InChI is InChI=1S/C8H13NO2/c1-3-7-4-5-9(2)8(7)11-6-10/h3,6-8H,1,4-5H2,2H3/t7-,8+/m0/s1. The first kappa shape index (κ1) is 8.27. The van der Waals surface area contributed by atoms with Gasteiger partial charge in [0.1, 0.15) is 0 Å². The van der Waals surface area contributed by atoms with E-state index < -0.39 is 0 Å². The summed E-state index contributed by atoms with van der Waals surface area (Å²) in [5, 5.41) is 0. The van der Waals surface area contributed by atoms with Gasteiger partial charge in [0.25, 0.3) is 6.47 Å². The molecule has 0 amide bonds. The molecule has 1 fully saturated rings. The van der Waals surface area contributed by atoms with Crippen LogP contribution >= 0.6 is 0 Å². The molecule has 1 aliphatic heterocycles. The SMILES string of the molecule is C=C[C@H]1CCN(C)[C@@H]1OC=O. The van der Waals surface area contributed by atoms with Gasteiger partial charge in [-0.05, 0) is 13.5 Å². The van der Waals surface area contributed by atoms with Gasteiger partial charge in [-0.1, -0.05) is 6.08 Å². The number of hydrogen-bond donors (Lipinski definition) is 0. The monoisotopic (exact) mass is 155 g/mol. The zero-order valence-electron chi connectivity index (χ0n) is 6.69. The Balaban J connectivity index is 2.54. The zero-order valence-corrected chi connectivity index (χ0v) is 6.69. The number of hydrogen-bond acceptors (Lipinski definition) is 3. The first-order valence-electron chi connectivity index (χ1n) is 3.71. The second-order valence-corrected chi connectivity index (χ2v) is 2.79. The van der Waals surface area contributed by atoms with Gasteiger partial charge >= 0.3 is 0 Å². The Hall–Kier alpha value is -0.830. The van der Waals surface area contributed by atoms with Gasteiger partial charge in [-0.3, -0.25) is 9.69 Å². The Labute approximate surface area is 66.6 Å². The molecule has 0 unspecified atom stereocenters. The fourth-order valence-corrected chi connectivity index (χ4v) is 1.45. The lowest BCUT2D eigenvalue weighted by Gasteiger charge is -2.20. The van der Waals surface area contributed by atoms with Crippen LogP contribution in [0.2, 0.25) is 0 Å². The number of ether oxygens (including phenoxy) is 1. The number of nitrogens with zero attached hydrogens (tertiary/aromatic N) is 1. The van der Waals surface area contributed by atoms with Gasteiger partial charge in [-0.2, -0.15) is 0 Å². The molecule has 1 aliphatic rings. The van der Waals surface area contributed by atoms with E-state index in [9.17, 15) is 4.79 Å². The van der Waals surface area contributed by atoms with Gasteiger partial charge in [-0.25, -0.2) is 0 Å². The van der Waals surface area contributed by atoms with E-state index in [2.05, 4.69) is 6.58 Å². The summed E-state index contributed by atoms with van der Waals surface area (Å²) in [5.74, 6) is 0.296. The van der Waals surface area contributed by atoms with Crippen molar-refractivity contribution in [3.8, 4) is 0 Å². The van der Waals surface area contributed by atoms with Crippen LogP contribution < -0.4 is 0 Å². The summed E-state index contributed by atoms with van der Waals surface area (Å²) in [6, 6.07) is 0. The molecule has 2 atom stereocenters. The third-order valence-corrected chi connectivity index (χ3v) is 2.11. The number of carbonyl (C=O) groups is 1. The highest BCUT2D eigenvalue weighted by atomic mass is 16.5. The fourth-order valence-electron chi connectivity index (χ4n) is 1.45. The van der Waals surface area contributed by atoms with Crippen LogP contribution in [0, 0.1) is 5.92 Å². The van der Waals surface area contributed by atoms with Crippen LogP contribution in [0.15, 0.2) is 12.7 Å². The number of rotatable bonds is 3. The molecular weight excluding hydrogens is 142 g/mol. The predicted molar refractivity (Wildman–Crippen MR) is 41.9 cm³/mol. The molecule has 0 aliphatic carbocycles. The van der Waals surface area contributed by atoms with Gasteiger partial charge in [0.15, 0.2) is 6.23 Å². The quantitative estimate of drug-likeness (QED) is 0.442. The van der Waals surface area contributed by atoms with Gasteiger partial charge in [0.05, 0.1) is 0 Å². The molecule has 1 saturated heterocycles. The second-order valence-electron chi connectivity index (χ2n) is 2.79. The lowest BCUT2D eigenvalue weighted by atomic mass is 10.1. The average molecular weight is 155 g/mol. The topological polar surface area (TPSA) is 29.5 Å². The predicted octanol–water partition coefficient (Wildman–Crippen LogP) is 0.623. The van der Waals surface area contributed by atoms with Crippen molar-refractivity contribution in [3.63, 3.8) is 0 Å². The Morgan fingerprint density at radius 1 is 1.73 bits per heavy atom. The summed E-state index contributed by atoms with van der Waals surface area (Å²) in [7, 11) is 1.94. The summed E-state index contributed by atoms with van der Waals surface area (Å²) < 4.78 is 4.89. The molecule has 0 bridgehead atoms. The van der Waals surface area contributed by atoms with Crippen molar-refractivity contribution < 1.29 is 9.53 Å². The van der Waals surface area contributed by atoms with E-state index in [-0.39, 0.29) is 6.23 Å². The summed E-state index contributed by atoms with van der Waals surface area (Å²) >= 11 is 0. The Bertz CT molecular complexity index is 158. The first-order chi connectivity index (χ1) is 5.29. The van der Waals surface area contributed by atoms with E-state index in [0.717, 1.165) is 13.0 Å². The van der Waals surface area contributed by atoms with E-state index in [1.165, 1.54) is 0 Å². The van der Waals surface area contributed by atoms with Crippen molar-refractivity contribution >= 4 is 6.47 Å². The van der Waals surface area contributed by atoms with E-state index in [4.69, 9.17) is 4.74 Å². The van der Waals surface area contributed by atoms with Crippen LogP contribution in [0.25, 0.3) is 0 Å². The maximum Gasteiger partial charge on any atom is 0.294 e. The number of carbonyl (C=O) groups excluding carboxylic acids is 1. The minimum Gasteiger partial charge on any atom is -0.448 e. The third kappa shape index (κ3) is 1.60. The van der Waals surface area contributed by atoms with Gasteiger partial charge in [0, 0.05) is 12.5 Å². The van der Waals surface area contributed by atoms with Crippen LogP contribution in [-0.2, 0) is 9.53 Å². The second kappa shape index (κ2) is 3.53. The zero-order chi connectivity index (χ0) is 8.27. The third-order valence-electron chi connectivity index (χ3n) is 2.11. The molecule has 0 aromatic rings. The normalized spacial score (nSPS) is 31.7. The van der Waals surface area contributed by atoms with Crippen LogP contribution in [0.1, 0.15) is 6.42 Å². The molecule has 0 N–H and O–H groups in total. The molecular formula is C8H13NO2. The Morgan fingerprint density at radius 2 is 2.45 bits per heavy atom. The van der Waals surface area contributed by atoms with Crippen molar-refractivity contribution in [2.75, 3.05) is 13.6 Å². The van der Waals surface area contributed by atoms with E-state index in [0.29, 0.717) is 12.4 Å². The van der Waals surface area contributed by atoms with Crippen molar-refractivity contribution in [2.45, 2.75) is 12.6 Å². The van der Waals surface area contributed by atoms with E-state index >= 15 is 0 Å². The minimum atomic E-state index is -0.0926. The molecule has 62 valence electrons. The molecule has 3 nitrogen and oxygen atoms in total. The van der Waals surface area contributed by atoms with Crippen LogP contribution in [0.4, 0.5) is 0 Å². The van der Waals surface area contributed by atoms with Crippen molar-refractivity contribution in [3.05, 3.63) is 12.7 Å². The molecule has 11 heavy (non-hydrogen) atoms. The van der Waals surface area contributed by atoms with Crippen molar-refractivity contribution in [1.29, 1.82) is 0 Å². The van der Waals surface area contributed by atoms with Crippen molar-refractivity contribution in [1.82, 2.24) is 4.90 Å². The van der Waals surface area contributed by atoms with Crippen LogP contribution in [0.3, 0.4) is 0 Å². The molecule has 0 aromatic heterocycles. The lowest BCUT2D eigenvalue weighted by Crippen LogP contribution is -2.31. The maximum absolute atomic E-state index is 10.1. The minimum absolute atomic E-state index is 0.0926. The van der Waals surface area contributed by atoms with Crippen LogP contribution in [-0.4, -0.2) is 31.2 Å². The van der Waals surface area contributed by atoms with Crippen LogP contribution in [0.5, 0.6) is 0 Å². The summed E-state index contributed by atoms with van der Waals surface area (Å²) in [6.07, 6.45) is 2.78.